The maximum Gasteiger partial charge on any atom is 0.240 e. The van der Waals surface area contributed by atoms with Crippen molar-refractivity contribution < 1.29 is 4.79 Å². The van der Waals surface area contributed by atoms with Crippen molar-refractivity contribution in [1.82, 2.24) is 5.32 Å². The standard InChI is InChI=1S/C13H20N2OS/c1-8-7-11(10(3)17-8)9(2)15-12(16)13(14)5-4-6-13/h7,9H,4-6,14H2,1-3H3,(H,15,16). The number of nitrogens with two attached hydrogens (primary N) is 1. The summed E-state index contributed by atoms with van der Waals surface area (Å²) in [5, 5.41) is 3.04. The van der Waals surface area contributed by atoms with Crippen LogP contribution in [0.2, 0.25) is 0 Å². The molecule has 0 saturated heterocycles. The molecule has 3 nitrogen and oxygen atoms in total. The predicted octanol–water partition coefficient (Wildman–Crippen LogP) is 2.42. The molecular formula is C13H20N2OS. The van der Waals surface area contributed by atoms with E-state index < -0.39 is 5.54 Å². The number of nitrogens with one attached hydrogen (secondary N) is 1. The second kappa shape index (κ2) is 4.42. The van der Waals surface area contributed by atoms with Gasteiger partial charge >= 0.3 is 0 Å². The topological polar surface area (TPSA) is 55.1 Å². The molecule has 2 rings (SSSR count). The van der Waals surface area contributed by atoms with Crippen LogP contribution in [0.25, 0.3) is 0 Å². The van der Waals surface area contributed by atoms with Gasteiger partial charge in [0.2, 0.25) is 5.91 Å². The van der Waals surface area contributed by atoms with Gasteiger partial charge in [-0.25, -0.2) is 0 Å². The van der Waals surface area contributed by atoms with Crippen molar-refractivity contribution in [3.8, 4) is 0 Å². The lowest BCUT2D eigenvalue weighted by molar-refractivity contribution is -0.129. The second-order valence-corrected chi connectivity index (χ2v) is 6.53. The van der Waals surface area contributed by atoms with Crippen LogP contribution in [0, 0.1) is 13.8 Å². The smallest absolute Gasteiger partial charge is 0.240 e. The normalized spacial score (nSPS) is 19.5. The number of hydrogen-bond donors (Lipinski definition) is 2. The Morgan fingerprint density at radius 2 is 2.18 bits per heavy atom. The van der Waals surface area contributed by atoms with Gasteiger partial charge in [0.15, 0.2) is 0 Å². The van der Waals surface area contributed by atoms with Gasteiger partial charge in [-0.05, 0) is 51.7 Å². The Hall–Kier alpha value is -0.870. The van der Waals surface area contributed by atoms with Crippen molar-refractivity contribution in [3.63, 3.8) is 0 Å². The summed E-state index contributed by atoms with van der Waals surface area (Å²) >= 11 is 1.77. The first-order valence-corrected chi connectivity index (χ1v) is 6.91. The van der Waals surface area contributed by atoms with Crippen LogP contribution >= 0.6 is 11.3 Å². The number of carbonyl (C=O) groups excluding carboxylic acids is 1. The minimum absolute atomic E-state index is 0.000460. The van der Waals surface area contributed by atoms with Gasteiger partial charge in [-0.15, -0.1) is 11.3 Å². The van der Waals surface area contributed by atoms with E-state index in [2.05, 4.69) is 25.2 Å². The van der Waals surface area contributed by atoms with Crippen molar-refractivity contribution in [1.29, 1.82) is 0 Å². The van der Waals surface area contributed by atoms with E-state index in [0.717, 1.165) is 19.3 Å². The third kappa shape index (κ3) is 2.38. The molecule has 1 aromatic rings. The van der Waals surface area contributed by atoms with Gasteiger partial charge in [-0.3, -0.25) is 4.79 Å². The summed E-state index contributed by atoms with van der Waals surface area (Å²) in [6.45, 7) is 6.21. The minimum Gasteiger partial charge on any atom is -0.348 e. The first-order chi connectivity index (χ1) is 7.92. The van der Waals surface area contributed by atoms with Gasteiger partial charge in [0.1, 0.15) is 0 Å². The third-order valence-corrected chi connectivity index (χ3v) is 4.57. The lowest BCUT2D eigenvalue weighted by Gasteiger charge is -2.37. The van der Waals surface area contributed by atoms with E-state index in [9.17, 15) is 4.79 Å². The molecule has 0 radical (unpaired) electrons. The summed E-state index contributed by atoms with van der Waals surface area (Å²) in [6.07, 6.45) is 2.69. The highest BCUT2D eigenvalue weighted by atomic mass is 32.1. The average molecular weight is 252 g/mol. The van der Waals surface area contributed by atoms with Crippen LogP contribution in [0.3, 0.4) is 0 Å². The van der Waals surface area contributed by atoms with Crippen LogP contribution in [0.4, 0.5) is 0 Å². The largest absolute Gasteiger partial charge is 0.348 e. The zero-order valence-electron chi connectivity index (χ0n) is 10.7. The highest BCUT2D eigenvalue weighted by Crippen LogP contribution is 2.31. The molecule has 94 valence electrons. The monoisotopic (exact) mass is 252 g/mol. The Kier molecular flexibility index (Phi) is 3.27. The zero-order chi connectivity index (χ0) is 12.6. The van der Waals surface area contributed by atoms with E-state index in [1.807, 2.05) is 6.92 Å². The van der Waals surface area contributed by atoms with E-state index in [1.54, 1.807) is 11.3 Å². The van der Waals surface area contributed by atoms with Gasteiger partial charge in [-0.1, -0.05) is 0 Å². The number of rotatable bonds is 3. The summed E-state index contributed by atoms with van der Waals surface area (Å²) in [5.41, 5.74) is 6.61. The molecule has 1 unspecified atom stereocenters. The molecule has 1 amide bonds. The molecule has 1 saturated carbocycles. The minimum atomic E-state index is -0.604. The highest BCUT2D eigenvalue weighted by molar-refractivity contribution is 7.12. The van der Waals surface area contributed by atoms with E-state index >= 15 is 0 Å². The van der Waals surface area contributed by atoms with Crippen LogP contribution in [0.15, 0.2) is 6.07 Å². The summed E-state index contributed by atoms with van der Waals surface area (Å²) in [5.74, 6) is -0.000460. The lowest BCUT2D eigenvalue weighted by atomic mass is 9.77. The molecule has 3 N–H and O–H groups in total. The van der Waals surface area contributed by atoms with Gasteiger partial charge in [0.25, 0.3) is 0 Å². The van der Waals surface area contributed by atoms with Crippen molar-refractivity contribution in [3.05, 3.63) is 21.4 Å². The Balaban J connectivity index is 2.04. The van der Waals surface area contributed by atoms with Gasteiger partial charge in [0, 0.05) is 9.75 Å². The molecule has 1 aliphatic rings. The summed E-state index contributed by atoms with van der Waals surface area (Å²) in [4.78, 5) is 14.6. The molecule has 4 heteroatoms. The highest BCUT2D eigenvalue weighted by Gasteiger charge is 2.40. The molecule has 1 fully saturated rings. The van der Waals surface area contributed by atoms with Crippen molar-refractivity contribution in [2.75, 3.05) is 0 Å². The number of amides is 1. The number of carbonyl (C=O) groups is 1. The number of hydrogen-bond acceptors (Lipinski definition) is 3. The molecule has 1 atom stereocenters. The van der Waals surface area contributed by atoms with Crippen LogP contribution in [0.1, 0.15) is 47.5 Å². The number of aryl methyl sites for hydroxylation is 2. The van der Waals surface area contributed by atoms with Crippen LogP contribution in [0.5, 0.6) is 0 Å². The maximum atomic E-state index is 12.0. The zero-order valence-corrected chi connectivity index (χ0v) is 11.5. The Morgan fingerprint density at radius 1 is 1.53 bits per heavy atom. The van der Waals surface area contributed by atoms with Gasteiger partial charge in [-0.2, -0.15) is 0 Å². The molecule has 0 spiro atoms. The molecule has 17 heavy (non-hydrogen) atoms. The molecule has 1 heterocycles. The Bertz CT molecular complexity index is 435. The van der Waals surface area contributed by atoms with E-state index in [-0.39, 0.29) is 11.9 Å². The van der Waals surface area contributed by atoms with Crippen molar-refractivity contribution in [2.24, 2.45) is 5.73 Å². The average Bonchev–Trinajstić information content (AvgIpc) is 2.54. The quantitative estimate of drug-likeness (QED) is 0.868. The fourth-order valence-electron chi connectivity index (χ4n) is 2.28. The van der Waals surface area contributed by atoms with Crippen LogP contribution in [-0.2, 0) is 4.79 Å². The summed E-state index contributed by atoms with van der Waals surface area (Å²) < 4.78 is 0. The van der Waals surface area contributed by atoms with Crippen LogP contribution < -0.4 is 11.1 Å². The molecule has 1 aromatic heterocycles. The van der Waals surface area contributed by atoms with Crippen molar-refractivity contribution >= 4 is 17.2 Å². The molecule has 0 aromatic carbocycles. The fraction of sp³-hybridized carbons (Fsp3) is 0.615. The van der Waals surface area contributed by atoms with Gasteiger partial charge < -0.3 is 11.1 Å². The lowest BCUT2D eigenvalue weighted by Crippen LogP contribution is -2.58. The SMILES string of the molecule is Cc1cc(C(C)NC(=O)C2(N)CCC2)c(C)s1. The molecule has 1 aliphatic carbocycles. The molecule has 0 aliphatic heterocycles. The number of thiophene rings is 1. The van der Waals surface area contributed by atoms with Gasteiger partial charge in [0.05, 0.1) is 11.6 Å². The fourth-order valence-corrected chi connectivity index (χ4v) is 3.31. The molecule has 0 bridgehead atoms. The predicted molar refractivity (Wildman–Crippen MR) is 71.1 cm³/mol. The van der Waals surface area contributed by atoms with Crippen LogP contribution in [-0.4, -0.2) is 11.4 Å². The summed E-state index contributed by atoms with van der Waals surface area (Å²) in [6, 6.07) is 2.20. The van der Waals surface area contributed by atoms with Crippen molar-refractivity contribution in [2.45, 2.75) is 51.6 Å². The van der Waals surface area contributed by atoms with E-state index in [0.29, 0.717) is 0 Å². The summed E-state index contributed by atoms with van der Waals surface area (Å²) in [7, 11) is 0. The van der Waals surface area contributed by atoms with E-state index in [4.69, 9.17) is 5.73 Å². The third-order valence-electron chi connectivity index (χ3n) is 3.59. The molecular weight excluding hydrogens is 232 g/mol. The second-order valence-electron chi connectivity index (χ2n) is 5.07. The Morgan fingerprint density at radius 3 is 2.59 bits per heavy atom. The Labute approximate surface area is 106 Å². The first-order valence-electron chi connectivity index (χ1n) is 6.09. The maximum absolute atomic E-state index is 12.0. The van der Waals surface area contributed by atoms with E-state index in [1.165, 1.54) is 15.3 Å². The first kappa shape index (κ1) is 12.6.